The van der Waals surface area contributed by atoms with E-state index in [9.17, 15) is 0 Å². The van der Waals surface area contributed by atoms with Crippen molar-refractivity contribution in [1.29, 1.82) is 0 Å². The van der Waals surface area contributed by atoms with E-state index in [4.69, 9.17) is 11.6 Å². The third kappa shape index (κ3) is 2.28. The highest BCUT2D eigenvalue weighted by molar-refractivity contribution is 7.13. The number of rotatable bonds is 2. The van der Waals surface area contributed by atoms with Crippen molar-refractivity contribution < 1.29 is 0 Å². The molecule has 1 saturated heterocycles. The van der Waals surface area contributed by atoms with Gasteiger partial charge in [0, 0.05) is 18.0 Å². The zero-order valence-electron chi connectivity index (χ0n) is 9.24. The second-order valence-corrected chi connectivity index (χ2v) is 5.41. The number of nitrogens with zero attached hydrogens (tertiary/aromatic N) is 2. The number of aromatic nitrogens is 1. The van der Waals surface area contributed by atoms with Crippen LogP contribution in [0.5, 0.6) is 0 Å². The number of anilines is 1. The van der Waals surface area contributed by atoms with Gasteiger partial charge < -0.3 is 4.90 Å². The molecule has 0 spiro atoms. The molecule has 0 bridgehead atoms. The summed E-state index contributed by atoms with van der Waals surface area (Å²) in [6.07, 6.45) is 2.62. The molecule has 84 valence electrons. The third-order valence-electron chi connectivity index (χ3n) is 3.30. The highest BCUT2D eigenvalue weighted by Gasteiger charge is 2.26. The van der Waals surface area contributed by atoms with Crippen molar-refractivity contribution in [2.24, 2.45) is 5.92 Å². The molecule has 0 N–H and O–H groups in total. The SMILES string of the molecule is CC1CCCN(c2nc(CCl)cs2)C1C. The Kier molecular flexibility index (Phi) is 3.52. The van der Waals surface area contributed by atoms with E-state index < -0.39 is 0 Å². The first-order chi connectivity index (χ1) is 7.22. The van der Waals surface area contributed by atoms with Crippen LogP contribution in [0.15, 0.2) is 5.38 Å². The maximum absolute atomic E-state index is 5.77. The van der Waals surface area contributed by atoms with E-state index >= 15 is 0 Å². The van der Waals surface area contributed by atoms with Gasteiger partial charge in [0.15, 0.2) is 5.13 Å². The monoisotopic (exact) mass is 244 g/mol. The molecule has 1 aromatic rings. The summed E-state index contributed by atoms with van der Waals surface area (Å²) in [4.78, 5) is 6.98. The molecule has 4 heteroatoms. The lowest BCUT2D eigenvalue weighted by Gasteiger charge is -2.37. The molecule has 1 aliphatic rings. The Labute approximate surface area is 100 Å². The number of thiazole rings is 1. The van der Waals surface area contributed by atoms with E-state index in [1.54, 1.807) is 11.3 Å². The Balaban J connectivity index is 2.14. The third-order valence-corrected chi connectivity index (χ3v) is 4.50. The number of piperidine rings is 1. The van der Waals surface area contributed by atoms with Crippen molar-refractivity contribution in [1.82, 2.24) is 4.98 Å². The van der Waals surface area contributed by atoms with E-state index in [2.05, 4.69) is 29.1 Å². The van der Waals surface area contributed by atoms with Crippen molar-refractivity contribution in [3.8, 4) is 0 Å². The molecule has 2 nitrogen and oxygen atoms in total. The Hall–Kier alpha value is -0.280. The minimum atomic E-state index is 0.522. The first-order valence-corrected chi connectivity index (χ1v) is 6.91. The van der Waals surface area contributed by atoms with Crippen molar-refractivity contribution >= 4 is 28.1 Å². The molecule has 15 heavy (non-hydrogen) atoms. The van der Waals surface area contributed by atoms with Gasteiger partial charge in [-0.2, -0.15) is 0 Å². The smallest absolute Gasteiger partial charge is 0.185 e. The van der Waals surface area contributed by atoms with Crippen LogP contribution in [0, 0.1) is 5.92 Å². The predicted molar refractivity (Wildman–Crippen MR) is 66.9 cm³/mol. The standard InChI is InChI=1S/C11H17ClN2S/c1-8-4-3-5-14(9(8)2)11-13-10(6-12)7-15-11/h7-9H,3-6H2,1-2H3. The summed E-state index contributed by atoms with van der Waals surface area (Å²) in [6.45, 7) is 5.76. The molecule has 2 unspecified atom stereocenters. The quantitative estimate of drug-likeness (QED) is 0.741. The van der Waals surface area contributed by atoms with Crippen LogP contribution in [0.1, 0.15) is 32.4 Å². The highest BCUT2D eigenvalue weighted by Crippen LogP contribution is 2.30. The molecular formula is C11H17ClN2S. The summed E-state index contributed by atoms with van der Waals surface area (Å²) in [6, 6.07) is 0.605. The van der Waals surface area contributed by atoms with Crippen LogP contribution < -0.4 is 4.90 Å². The van der Waals surface area contributed by atoms with Crippen LogP contribution >= 0.6 is 22.9 Å². The lowest BCUT2D eigenvalue weighted by atomic mass is 9.93. The zero-order chi connectivity index (χ0) is 10.8. The minimum Gasteiger partial charge on any atom is -0.345 e. The molecule has 1 aromatic heterocycles. The summed E-state index contributed by atoms with van der Waals surface area (Å²) in [5, 5.41) is 3.21. The largest absolute Gasteiger partial charge is 0.345 e. The van der Waals surface area contributed by atoms with Crippen LogP contribution in [0.25, 0.3) is 0 Å². The predicted octanol–water partition coefficient (Wildman–Crippen LogP) is 3.51. The van der Waals surface area contributed by atoms with E-state index in [0.717, 1.165) is 23.3 Å². The average Bonchev–Trinajstić information content (AvgIpc) is 2.70. The maximum atomic E-state index is 5.77. The van der Waals surface area contributed by atoms with Gasteiger partial charge >= 0.3 is 0 Å². The number of hydrogen-bond donors (Lipinski definition) is 0. The van der Waals surface area contributed by atoms with Crippen LogP contribution in [-0.4, -0.2) is 17.6 Å². The second-order valence-electron chi connectivity index (χ2n) is 4.31. The number of halogens is 1. The van der Waals surface area contributed by atoms with Crippen molar-refractivity contribution in [3.05, 3.63) is 11.1 Å². The first kappa shape index (κ1) is 11.2. The minimum absolute atomic E-state index is 0.522. The molecule has 0 aliphatic carbocycles. The summed E-state index contributed by atoms with van der Waals surface area (Å²) in [5.41, 5.74) is 1.00. The first-order valence-electron chi connectivity index (χ1n) is 5.49. The van der Waals surface area contributed by atoms with E-state index in [-0.39, 0.29) is 0 Å². The summed E-state index contributed by atoms with van der Waals surface area (Å²) in [7, 11) is 0. The maximum Gasteiger partial charge on any atom is 0.185 e. The fourth-order valence-electron chi connectivity index (χ4n) is 2.10. The van der Waals surface area contributed by atoms with E-state index in [0.29, 0.717) is 11.9 Å². The van der Waals surface area contributed by atoms with Crippen LogP contribution in [0.3, 0.4) is 0 Å². The lowest BCUT2D eigenvalue weighted by molar-refractivity contribution is 0.363. The Morgan fingerprint density at radius 2 is 2.40 bits per heavy atom. The molecular weight excluding hydrogens is 228 g/mol. The van der Waals surface area contributed by atoms with Gasteiger partial charge in [-0.25, -0.2) is 4.98 Å². The molecule has 0 amide bonds. The van der Waals surface area contributed by atoms with Gasteiger partial charge in [-0.05, 0) is 25.7 Å². The molecule has 0 aromatic carbocycles. The number of hydrogen-bond acceptors (Lipinski definition) is 3. The van der Waals surface area contributed by atoms with Gasteiger partial charge in [0.1, 0.15) is 0 Å². The van der Waals surface area contributed by atoms with Crippen molar-refractivity contribution in [2.45, 2.75) is 38.6 Å². The number of alkyl halides is 1. The van der Waals surface area contributed by atoms with Gasteiger partial charge in [0.25, 0.3) is 0 Å². The lowest BCUT2D eigenvalue weighted by Crippen LogP contribution is -2.42. The van der Waals surface area contributed by atoms with Crippen molar-refractivity contribution in [3.63, 3.8) is 0 Å². The van der Waals surface area contributed by atoms with Crippen LogP contribution in [0.4, 0.5) is 5.13 Å². The molecule has 2 atom stereocenters. The van der Waals surface area contributed by atoms with Gasteiger partial charge in [0.05, 0.1) is 11.6 Å². The fourth-order valence-corrected chi connectivity index (χ4v) is 3.26. The topological polar surface area (TPSA) is 16.1 Å². The molecule has 0 saturated carbocycles. The summed E-state index contributed by atoms with van der Waals surface area (Å²) >= 11 is 7.49. The fraction of sp³-hybridized carbons (Fsp3) is 0.727. The highest BCUT2D eigenvalue weighted by atomic mass is 35.5. The molecule has 1 fully saturated rings. The Morgan fingerprint density at radius 3 is 3.07 bits per heavy atom. The molecule has 1 aliphatic heterocycles. The molecule has 2 rings (SSSR count). The van der Waals surface area contributed by atoms with Crippen molar-refractivity contribution in [2.75, 3.05) is 11.4 Å². The van der Waals surface area contributed by atoms with Gasteiger partial charge in [-0.1, -0.05) is 6.92 Å². The Bertz CT molecular complexity index is 326. The normalized spacial score (nSPS) is 27.0. The van der Waals surface area contributed by atoms with Gasteiger partial charge in [-0.15, -0.1) is 22.9 Å². The van der Waals surface area contributed by atoms with Gasteiger partial charge in [0.2, 0.25) is 0 Å². The van der Waals surface area contributed by atoms with Crippen LogP contribution in [0.2, 0.25) is 0 Å². The molecule has 0 radical (unpaired) electrons. The van der Waals surface area contributed by atoms with E-state index in [1.165, 1.54) is 12.8 Å². The molecule has 2 heterocycles. The average molecular weight is 245 g/mol. The van der Waals surface area contributed by atoms with Gasteiger partial charge in [-0.3, -0.25) is 0 Å². The zero-order valence-corrected chi connectivity index (χ0v) is 10.8. The van der Waals surface area contributed by atoms with Crippen LogP contribution in [-0.2, 0) is 5.88 Å². The Morgan fingerprint density at radius 1 is 1.60 bits per heavy atom. The second kappa shape index (κ2) is 4.71. The summed E-state index contributed by atoms with van der Waals surface area (Å²) < 4.78 is 0. The summed E-state index contributed by atoms with van der Waals surface area (Å²) in [5.74, 6) is 1.29. The van der Waals surface area contributed by atoms with E-state index in [1.807, 2.05) is 0 Å².